The van der Waals surface area contributed by atoms with E-state index in [0.29, 0.717) is 23.5 Å². The molecular formula is C15H15N5O2S. The van der Waals surface area contributed by atoms with E-state index in [4.69, 9.17) is 0 Å². The van der Waals surface area contributed by atoms with E-state index in [9.17, 15) is 8.42 Å². The van der Waals surface area contributed by atoms with Crippen molar-refractivity contribution in [3.63, 3.8) is 0 Å². The van der Waals surface area contributed by atoms with Gasteiger partial charge in [-0.3, -0.25) is 4.72 Å². The Kier molecular flexibility index (Phi) is 4.33. The molecule has 0 radical (unpaired) electrons. The minimum Gasteiger partial charge on any atom is -0.284 e. The van der Waals surface area contributed by atoms with Gasteiger partial charge in [0, 0.05) is 11.3 Å². The summed E-state index contributed by atoms with van der Waals surface area (Å²) in [7, 11) is -3.43. The monoisotopic (exact) mass is 329 g/mol. The van der Waals surface area contributed by atoms with Gasteiger partial charge in [-0.1, -0.05) is 42.5 Å². The normalized spacial score (nSPS) is 11.3. The fourth-order valence-electron chi connectivity index (χ4n) is 2.13. The number of nitrogens with one attached hydrogen (secondary N) is 2. The molecule has 0 unspecified atom stereocenters. The third-order valence-electron chi connectivity index (χ3n) is 3.24. The SMILES string of the molecule is O=S(=O)(CCc1ccccc1)Nc1cccc(-c2nn[nH]n2)c1. The number of tetrazole rings is 1. The maximum Gasteiger partial charge on any atom is 0.233 e. The summed E-state index contributed by atoms with van der Waals surface area (Å²) in [4.78, 5) is 0. The van der Waals surface area contributed by atoms with Gasteiger partial charge in [-0.25, -0.2) is 8.42 Å². The maximum atomic E-state index is 12.2. The molecule has 8 heteroatoms. The van der Waals surface area contributed by atoms with Gasteiger partial charge in [0.25, 0.3) is 0 Å². The van der Waals surface area contributed by atoms with Crippen molar-refractivity contribution in [1.82, 2.24) is 20.6 Å². The molecule has 0 aliphatic carbocycles. The minimum absolute atomic E-state index is 0.0173. The van der Waals surface area contributed by atoms with Gasteiger partial charge in [-0.15, -0.1) is 10.2 Å². The Morgan fingerprint density at radius 2 is 1.87 bits per heavy atom. The Bertz CT molecular complexity index is 864. The number of aromatic nitrogens is 4. The van der Waals surface area contributed by atoms with Crippen molar-refractivity contribution in [2.45, 2.75) is 6.42 Å². The number of aryl methyl sites for hydroxylation is 1. The van der Waals surface area contributed by atoms with Gasteiger partial charge < -0.3 is 0 Å². The summed E-state index contributed by atoms with van der Waals surface area (Å²) in [6, 6.07) is 16.4. The molecule has 0 saturated carbocycles. The number of aromatic amines is 1. The molecule has 0 aliphatic heterocycles. The third kappa shape index (κ3) is 4.13. The number of benzene rings is 2. The summed E-state index contributed by atoms with van der Waals surface area (Å²) in [5.41, 5.74) is 2.14. The van der Waals surface area contributed by atoms with Gasteiger partial charge in [-0.2, -0.15) is 5.21 Å². The van der Waals surface area contributed by atoms with Crippen LogP contribution in [-0.4, -0.2) is 34.8 Å². The van der Waals surface area contributed by atoms with Gasteiger partial charge in [0.15, 0.2) is 0 Å². The smallest absolute Gasteiger partial charge is 0.233 e. The summed E-state index contributed by atoms with van der Waals surface area (Å²) in [6.07, 6.45) is 0.459. The summed E-state index contributed by atoms with van der Waals surface area (Å²) in [5, 5.41) is 13.6. The molecule has 0 spiro atoms. The second-order valence-corrected chi connectivity index (χ2v) is 6.81. The molecule has 3 aromatic rings. The molecule has 23 heavy (non-hydrogen) atoms. The highest BCUT2D eigenvalue weighted by atomic mass is 32.2. The molecule has 0 aliphatic rings. The van der Waals surface area contributed by atoms with Gasteiger partial charge in [0.05, 0.1) is 5.75 Å². The first-order valence-electron chi connectivity index (χ1n) is 7.01. The number of hydrogen-bond donors (Lipinski definition) is 2. The summed E-state index contributed by atoms with van der Waals surface area (Å²) in [6.45, 7) is 0. The second-order valence-electron chi connectivity index (χ2n) is 4.97. The molecule has 2 N–H and O–H groups in total. The lowest BCUT2D eigenvalue weighted by atomic mass is 10.2. The van der Waals surface area contributed by atoms with Crippen molar-refractivity contribution < 1.29 is 8.42 Å². The van der Waals surface area contributed by atoms with Crippen LogP contribution >= 0.6 is 0 Å². The van der Waals surface area contributed by atoms with Crippen LogP contribution in [0.5, 0.6) is 0 Å². The van der Waals surface area contributed by atoms with Crippen LogP contribution in [0, 0.1) is 0 Å². The van der Waals surface area contributed by atoms with Crippen LogP contribution in [0.15, 0.2) is 54.6 Å². The Labute approximate surface area is 133 Å². The number of H-pyrrole nitrogens is 1. The fourth-order valence-corrected chi connectivity index (χ4v) is 3.23. The fraction of sp³-hybridized carbons (Fsp3) is 0.133. The van der Waals surface area contributed by atoms with Crippen molar-refractivity contribution >= 4 is 15.7 Å². The minimum atomic E-state index is -3.43. The first-order valence-corrected chi connectivity index (χ1v) is 8.66. The van der Waals surface area contributed by atoms with Crippen LogP contribution in [0.3, 0.4) is 0 Å². The van der Waals surface area contributed by atoms with E-state index in [2.05, 4.69) is 25.3 Å². The number of hydrogen-bond acceptors (Lipinski definition) is 5. The van der Waals surface area contributed by atoms with E-state index < -0.39 is 10.0 Å². The number of rotatable bonds is 6. The van der Waals surface area contributed by atoms with E-state index in [1.807, 2.05) is 30.3 Å². The molecule has 3 rings (SSSR count). The van der Waals surface area contributed by atoms with E-state index in [1.54, 1.807) is 24.3 Å². The van der Waals surface area contributed by atoms with Gasteiger partial charge in [-0.05, 0) is 29.3 Å². The zero-order valence-electron chi connectivity index (χ0n) is 12.2. The lowest BCUT2D eigenvalue weighted by molar-refractivity contribution is 0.600. The van der Waals surface area contributed by atoms with Gasteiger partial charge >= 0.3 is 0 Å². The molecule has 1 aromatic heterocycles. The molecule has 1 heterocycles. The molecule has 0 bridgehead atoms. The first-order chi connectivity index (χ1) is 11.1. The highest BCUT2D eigenvalue weighted by molar-refractivity contribution is 7.92. The van der Waals surface area contributed by atoms with Crippen LogP contribution < -0.4 is 4.72 Å². The Balaban J connectivity index is 1.69. The average Bonchev–Trinajstić information content (AvgIpc) is 3.08. The predicted molar refractivity (Wildman–Crippen MR) is 87.2 cm³/mol. The molecule has 2 aromatic carbocycles. The van der Waals surface area contributed by atoms with Crippen molar-refractivity contribution in [2.24, 2.45) is 0 Å². The number of nitrogens with zero attached hydrogens (tertiary/aromatic N) is 3. The van der Waals surface area contributed by atoms with E-state index in [-0.39, 0.29) is 5.75 Å². The molecule has 118 valence electrons. The third-order valence-corrected chi connectivity index (χ3v) is 4.53. The van der Waals surface area contributed by atoms with Crippen LogP contribution in [0.25, 0.3) is 11.4 Å². The summed E-state index contributed by atoms with van der Waals surface area (Å²) in [5.74, 6) is 0.430. The largest absolute Gasteiger partial charge is 0.284 e. The number of sulfonamides is 1. The average molecular weight is 329 g/mol. The van der Waals surface area contributed by atoms with E-state index in [0.717, 1.165) is 5.56 Å². The van der Waals surface area contributed by atoms with Crippen LogP contribution in [0.2, 0.25) is 0 Å². The van der Waals surface area contributed by atoms with Crippen LogP contribution in [0.4, 0.5) is 5.69 Å². The van der Waals surface area contributed by atoms with Crippen molar-refractivity contribution in [3.8, 4) is 11.4 Å². The second kappa shape index (κ2) is 6.57. The van der Waals surface area contributed by atoms with Crippen molar-refractivity contribution in [2.75, 3.05) is 10.5 Å². The van der Waals surface area contributed by atoms with E-state index in [1.165, 1.54) is 0 Å². The maximum absolute atomic E-state index is 12.2. The Hall–Kier alpha value is -2.74. The van der Waals surface area contributed by atoms with Gasteiger partial charge in [0.1, 0.15) is 0 Å². The summed E-state index contributed by atoms with van der Waals surface area (Å²) >= 11 is 0. The van der Waals surface area contributed by atoms with E-state index >= 15 is 0 Å². The molecule has 0 amide bonds. The lowest BCUT2D eigenvalue weighted by Crippen LogP contribution is -2.18. The highest BCUT2D eigenvalue weighted by Gasteiger charge is 2.12. The summed E-state index contributed by atoms with van der Waals surface area (Å²) < 4.78 is 27.0. The van der Waals surface area contributed by atoms with Crippen LogP contribution in [-0.2, 0) is 16.4 Å². The van der Waals surface area contributed by atoms with Crippen molar-refractivity contribution in [1.29, 1.82) is 0 Å². The molecule has 0 atom stereocenters. The molecule has 7 nitrogen and oxygen atoms in total. The Morgan fingerprint density at radius 3 is 2.61 bits per heavy atom. The Morgan fingerprint density at radius 1 is 1.04 bits per heavy atom. The van der Waals surface area contributed by atoms with Gasteiger partial charge in [0.2, 0.25) is 15.8 Å². The highest BCUT2D eigenvalue weighted by Crippen LogP contribution is 2.19. The molecular weight excluding hydrogens is 314 g/mol. The van der Waals surface area contributed by atoms with Crippen molar-refractivity contribution in [3.05, 3.63) is 60.2 Å². The molecule has 0 fully saturated rings. The first kappa shape index (κ1) is 15.2. The molecule has 0 saturated heterocycles. The van der Waals surface area contributed by atoms with Crippen LogP contribution in [0.1, 0.15) is 5.56 Å². The standard InChI is InChI=1S/C15H15N5O2S/c21-23(22,10-9-12-5-2-1-3-6-12)18-14-8-4-7-13(11-14)15-16-19-20-17-15/h1-8,11,18H,9-10H2,(H,16,17,19,20). The quantitative estimate of drug-likeness (QED) is 0.719. The zero-order valence-corrected chi connectivity index (χ0v) is 13.0. The lowest BCUT2D eigenvalue weighted by Gasteiger charge is -2.08. The number of anilines is 1. The topological polar surface area (TPSA) is 101 Å². The zero-order chi connectivity index (χ0) is 16.1. The predicted octanol–water partition coefficient (Wildman–Crippen LogP) is 1.85.